The normalized spacial score (nSPS) is 15.4. The minimum absolute atomic E-state index is 0.0338. The van der Waals surface area contributed by atoms with E-state index in [1.165, 1.54) is 5.56 Å². The number of rotatable bonds is 4. The summed E-state index contributed by atoms with van der Waals surface area (Å²) >= 11 is 0. The lowest BCUT2D eigenvalue weighted by Gasteiger charge is -2.15. The van der Waals surface area contributed by atoms with Gasteiger partial charge in [-0.25, -0.2) is 14.8 Å². The van der Waals surface area contributed by atoms with Crippen LogP contribution >= 0.6 is 0 Å². The first-order chi connectivity index (χ1) is 13.1. The maximum absolute atomic E-state index is 12.3. The van der Waals surface area contributed by atoms with Crippen LogP contribution in [0.25, 0.3) is 11.4 Å². The summed E-state index contributed by atoms with van der Waals surface area (Å²) in [4.78, 5) is 24.9. The van der Waals surface area contributed by atoms with E-state index in [0.29, 0.717) is 29.8 Å². The van der Waals surface area contributed by atoms with E-state index < -0.39 is 0 Å². The molecule has 0 radical (unpaired) electrons. The van der Waals surface area contributed by atoms with Crippen LogP contribution in [0.1, 0.15) is 42.2 Å². The van der Waals surface area contributed by atoms with E-state index in [2.05, 4.69) is 36.8 Å². The molecular formula is C19H20N6O2. The Balaban J connectivity index is 1.46. The van der Waals surface area contributed by atoms with Gasteiger partial charge in [0.15, 0.2) is 0 Å². The predicted molar refractivity (Wildman–Crippen MR) is 99.1 cm³/mol. The Morgan fingerprint density at radius 1 is 1.30 bits per heavy atom. The smallest absolute Gasteiger partial charge is 0.320 e. The summed E-state index contributed by atoms with van der Waals surface area (Å²) in [6, 6.07) is 7.42. The molecule has 2 heterocycles. The van der Waals surface area contributed by atoms with E-state index in [9.17, 15) is 4.79 Å². The maximum atomic E-state index is 12.3. The van der Waals surface area contributed by atoms with Gasteiger partial charge >= 0.3 is 6.03 Å². The van der Waals surface area contributed by atoms with Crippen LogP contribution in [0.5, 0.6) is 0 Å². The number of hydrogen-bond acceptors (Lipinski definition) is 6. The second-order valence-electron chi connectivity index (χ2n) is 6.46. The van der Waals surface area contributed by atoms with Gasteiger partial charge in [-0.3, -0.25) is 5.32 Å². The van der Waals surface area contributed by atoms with E-state index in [0.717, 1.165) is 24.0 Å². The number of fused-ring (bicyclic) bond motifs is 1. The third-order valence-corrected chi connectivity index (χ3v) is 4.57. The molecule has 3 aromatic rings. The quantitative estimate of drug-likeness (QED) is 0.736. The van der Waals surface area contributed by atoms with Crippen LogP contribution in [0.15, 0.2) is 35.0 Å². The highest BCUT2D eigenvalue weighted by atomic mass is 16.5. The van der Waals surface area contributed by atoms with Crippen molar-refractivity contribution < 1.29 is 9.32 Å². The molecule has 1 aliphatic rings. The van der Waals surface area contributed by atoms with Crippen molar-refractivity contribution in [2.24, 2.45) is 0 Å². The topological polar surface area (TPSA) is 106 Å². The SMILES string of the molecule is CCc1nc(-c2ccc3c(c2)CC[C@H]3NC(=O)Nc2ccnc(C)n2)no1. The molecule has 0 saturated carbocycles. The number of amides is 2. The van der Waals surface area contributed by atoms with E-state index in [1.54, 1.807) is 19.2 Å². The average Bonchev–Trinajstić information content (AvgIpc) is 3.28. The second-order valence-corrected chi connectivity index (χ2v) is 6.46. The molecule has 27 heavy (non-hydrogen) atoms. The third kappa shape index (κ3) is 3.64. The first kappa shape index (κ1) is 17.1. The number of aryl methyl sites for hydroxylation is 3. The summed E-state index contributed by atoms with van der Waals surface area (Å²) in [6.07, 6.45) is 4.07. The van der Waals surface area contributed by atoms with Crippen LogP contribution in [0.2, 0.25) is 0 Å². The maximum Gasteiger partial charge on any atom is 0.320 e. The van der Waals surface area contributed by atoms with Crippen molar-refractivity contribution in [2.45, 2.75) is 39.2 Å². The van der Waals surface area contributed by atoms with Crippen LogP contribution in [0.4, 0.5) is 10.6 Å². The third-order valence-electron chi connectivity index (χ3n) is 4.57. The summed E-state index contributed by atoms with van der Waals surface area (Å²) in [6.45, 7) is 3.76. The number of hydrogen-bond donors (Lipinski definition) is 2. The van der Waals surface area contributed by atoms with Crippen LogP contribution in [-0.2, 0) is 12.8 Å². The van der Waals surface area contributed by atoms with Crippen LogP contribution < -0.4 is 10.6 Å². The molecule has 8 heteroatoms. The minimum atomic E-state index is -0.277. The number of nitrogens with zero attached hydrogens (tertiary/aromatic N) is 4. The first-order valence-corrected chi connectivity index (χ1v) is 8.95. The largest absolute Gasteiger partial charge is 0.339 e. The van der Waals surface area contributed by atoms with Gasteiger partial charge in [0, 0.05) is 18.2 Å². The molecule has 0 fully saturated rings. The lowest BCUT2D eigenvalue weighted by atomic mass is 10.0. The van der Waals surface area contributed by atoms with Gasteiger partial charge in [0.1, 0.15) is 11.6 Å². The second kappa shape index (κ2) is 7.14. The van der Waals surface area contributed by atoms with Crippen molar-refractivity contribution in [1.82, 2.24) is 25.4 Å². The van der Waals surface area contributed by atoms with Crippen LogP contribution in [0.3, 0.4) is 0 Å². The molecule has 138 valence electrons. The van der Waals surface area contributed by atoms with E-state index in [4.69, 9.17) is 4.52 Å². The number of carbonyl (C=O) groups is 1. The molecule has 1 atom stereocenters. The Hall–Kier alpha value is -3.29. The van der Waals surface area contributed by atoms with Crippen molar-refractivity contribution in [3.05, 3.63) is 53.3 Å². The Labute approximate surface area is 156 Å². The minimum Gasteiger partial charge on any atom is -0.339 e. The predicted octanol–water partition coefficient (Wildman–Crippen LogP) is 3.21. The zero-order valence-corrected chi connectivity index (χ0v) is 15.2. The fourth-order valence-electron chi connectivity index (χ4n) is 3.26. The summed E-state index contributed by atoms with van der Waals surface area (Å²) in [5, 5.41) is 9.79. The number of anilines is 1. The zero-order chi connectivity index (χ0) is 18.8. The Morgan fingerprint density at radius 2 is 2.19 bits per heavy atom. The number of benzene rings is 1. The van der Waals surface area contributed by atoms with Crippen LogP contribution in [-0.4, -0.2) is 26.1 Å². The Morgan fingerprint density at radius 3 is 2.96 bits per heavy atom. The summed E-state index contributed by atoms with van der Waals surface area (Å²) in [5.74, 6) is 2.32. The van der Waals surface area contributed by atoms with Crippen molar-refractivity contribution in [1.29, 1.82) is 0 Å². The monoisotopic (exact) mass is 364 g/mol. The highest BCUT2D eigenvalue weighted by Gasteiger charge is 2.25. The van der Waals surface area contributed by atoms with Gasteiger partial charge in [0.2, 0.25) is 11.7 Å². The molecule has 0 saturated heterocycles. The molecular weight excluding hydrogens is 344 g/mol. The van der Waals surface area contributed by atoms with Crippen LogP contribution in [0, 0.1) is 6.92 Å². The van der Waals surface area contributed by atoms with E-state index in [-0.39, 0.29) is 12.1 Å². The molecule has 2 aromatic heterocycles. The van der Waals surface area contributed by atoms with E-state index >= 15 is 0 Å². The number of nitrogens with one attached hydrogen (secondary N) is 2. The summed E-state index contributed by atoms with van der Waals surface area (Å²) < 4.78 is 5.19. The van der Waals surface area contributed by atoms with Crippen molar-refractivity contribution in [2.75, 3.05) is 5.32 Å². The average molecular weight is 364 g/mol. The lowest BCUT2D eigenvalue weighted by molar-refractivity contribution is 0.248. The number of urea groups is 1. The summed E-state index contributed by atoms with van der Waals surface area (Å²) in [7, 11) is 0. The van der Waals surface area contributed by atoms with Gasteiger partial charge in [-0.2, -0.15) is 4.98 Å². The first-order valence-electron chi connectivity index (χ1n) is 8.95. The Bertz CT molecular complexity index is 984. The molecule has 0 bridgehead atoms. The molecule has 8 nitrogen and oxygen atoms in total. The fourth-order valence-corrected chi connectivity index (χ4v) is 3.26. The van der Waals surface area contributed by atoms with Crippen molar-refractivity contribution in [3.63, 3.8) is 0 Å². The van der Waals surface area contributed by atoms with Crippen molar-refractivity contribution in [3.8, 4) is 11.4 Å². The van der Waals surface area contributed by atoms with Gasteiger partial charge < -0.3 is 9.84 Å². The highest BCUT2D eigenvalue weighted by molar-refractivity contribution is 5.88. The molecule has 4 rings (SSSR count). The standard InChI is InChI=1S/C19H20N6O2/c1-3-17-24-18(25-27-17)13-4-6-14-12(10-13)5-7-15(14)22-19(26)23-16-8-9-20-11(2)21-16/h4,6,8-10,15H,3,5,7H2,1-2H3,(H2,20,21,22,23,26)/t15-/m1/s1. The molecule has 0 unspecified atom stereocenters. The van der Waals surface area contributed by atoms with Gasteiger partial charge in [0.25, 0.3) is 0 Å². The molecule has 1 aliphatic carbocycles. The van der Waals surface area contributed by atoms with Crippen molar-refractivity contribution >= 4 is 11.8 Å². The molecule has 2 amide bonds. The zero-order valence-electron chi connectivity index (χ0n) is 15.2. The number of aromatic nitrogens is 4. The molecule has 2 N–H and O–H groups in total. The molecule has 1 aromatic carbocycles. The van der Waals surface area contributed by atoms with Gasteiger partial charge in [-0.15, -0.1) is 0 Å². The van der Waals surface area contributed by atoms with Gasteiger partial charge in [0.05, 0.1) is 6.04 Å². The van der Waals surface area contributed by atoms with Gasteiger partial charge in [-0.1, -0.05) is 24.2 Å². The Kier molecular flexibility index (Phi) is 4.53. The highest BCUT2D eigenvalue weighted by Crippen LogP contribution is 2.33. The van der Waals surface area contributed by atoms with Gasteiger partial charge in [-0.05, 0) is 43.0 Å². The van der Waals surface area contributed by atoms with E-state index in [1.807, 2.05) is 19.1 Å². The lowest BCUT2D eigenvalue weighted by Crippen LogP contribution is -2.31. The summed E-state index contributed by atoms with van der Waals surface area (Å²) in [5.41, 5.74) is 3.24. The number of carbonyl (C=O) groups excluding carboxylic acids is 1. The fraction of sp³-hybridized carbons (Fsp3) is 0.316. The molecule has 0 aliphatic heterocycles. The molecule has 0 spiro atoms.